The Kier molecular flexibility index (Phi) is 2.45. The van der Waals surface area contributed by atoms with Crippen molar-refractivity contribution < 1.29 is 8.78 Å². The van der Waals surface area contributed by atoms with Crippen LogP contribution in [0.4, 0.5) is 8.78 Å². The maximum Gasteiger partial charge on any atom is 0.149 e. The number of hydrogen-bond acceptors (Lipinski definition) is 2. The van der Waals surface area contributed by atoms with Gasteiger partial charge in [-0.2, -0.15) is 0 Å². The SMILES string of the molecule is Fc1cnccc1-c1ccc(F)c2c1CNCC21CC1. The predicted molar refractivity (Wildman–Crippen MR) is 72.2 cm³/mol. The molecule has 1 aliphatic heterocycles. The number of rotatable bonds is 1. The minimum atomic E-state index is -0.364. The lowest BCUT2D eigenvalue weighted by molar-refractivity contribution is 0.492. The van der Waals surface area contributed by atoms with Gasteiger partial charge in [0.05, 0.1) is 6.20 Å². The van der Waals surface area contributed by atoms with E-state index in [-0.39, 0.29) is 17.0 Å². The van der Waals surface area contributed by atoms with Gasteiger partial charge >= 0.3 is 0 Å². The van der Waals surface area contributed by atoms with Crippen molar-refractivity contribution in [2.24, 2.45) is 0 Å². The molecule has 102 valence electrons. The van der Waals surface area contributed by atoms with E-state index in [0.717, 1.165) is 36.1 Å². The molecule has 4 rings (SSSR count). The average Bonchev–Trinajstić information content (AvgIpc) is 3.20. The Hall–Kier alpha value is -1.81. The quantitative estimate of drug-likeness (QED) is 0.862. The molecule has 1 N–H and O–H groups in total. The molecule has 1 aromatic heterocycles. The highest BCUT2D eigenvalue weighted by molar-refractivity contribution is 5.70. The monoisotopic (exact) mass is 272 g/mol. The summed E-state index contributed by atoms with van der Waals surface area (Å²) in [5, 5.41) is 3.35. The van der Waals surface area contributed by atoms with Crippen LogP contribution in [0.2, 0.25) is 0 Å². The van der Waals surface area contributed by atoms with Gasteiger partial charge in [-0.15, -0.1) is 0 Å². The molecule has 2 nitrogen and oxygen atoms in total. The molecule has 1 aliphatic carbocycles. The zero-order chi connectivity index (χ0) is 13.7. The third kappa shape index (κ3) is 1.61. The van der Waals surface area contributed by atoms with Gasteiger partial charge < -0.3 is 5.32 Å². The number of aromatic nitrogens is 1. The first kappa shape index (κ1) is 12.0. The molecule has 1 saturated carbocycles. The second-order valence-electron chi connectivity index (χ2n) is 5.69. The highest BCUT2D eigenvalue weighted by Crippen LogP contribution is 2.52. The maximum absolute atomic E-state index is 14.3. The van der Waals surface area contributed by atoms with E-state index in [0.29, 0.717) is 12.1 Å². The Balaban J connectivity index is 1.97. The van der Waals surface area contributed by atoms with Gasteiger partial charge in [0.1, 0.15) is 11.6 Å². The van der Waals surface area contributed by atoms with E-state index in [1.165, 1.54) is 12.3 Å². The second kappa shape index (κ2) is 4.09. The Morgan fingerprint density at radius 2 is 1.90 bits per heavy atom. The number of nitrogens with zero attached hydrogens (tertiary/aromatic N) is 1. The van der Waals surface area contributed by atoms with E-state index in [9.17, 15) is 8.78 Å². The highest BCUT2D eigenvalue weighted by Gasteiger charge is 2.49. The van der Waals surface area contributed by atoms with Crippen LogP contribution < -0.4 is 5.32 Å². The highest BCUT2D eigenvalue weighted by atomic mass is 19.1. The van der Waals surface area contributed by atoms with Crippen LogP contribution in [0, 0.1) is 11.6 Å². The summed E-state index contributed by atoms with van der Waals surface area (Å²) in [4.78, 5) is 3.78. The first-order valence-electron chi connectivity index (χ1n) is 6.84. The van der Waals surface area contributed by atoms with Crippen molar-refractivity contribution in [1.82, 2.24) is 10.3 Å². The molecule has 0 unspecified atom stereocenters. The normalized spacial score (nSPS) is 18.9. The Labute approximate surface area is 115 Å². The lowest BCUT2D eigenvalue weighted by Crippen LogP contribution is -2.34. The molecule has 2 aliphatic rings. The van der Waals surface area contributed by atoms with Crippen molar-refractivity contribution in [2.75, 3.05) is 6.54 Å². The summed E-state index contributed by atoms with van der Waals surface area (Å²) in [5.41, 5.74) is 2.91. The number of pyridine rings is 1. The van der Waals surface area contributed by atoms with Crippen molar-refractivity contribution in [3.05, 3.63) is 53.4 Å². The molecule has 0 saturated heterocycles. The van der Waals surface area contributed by atoms with E-state index in [1.807, 2.05) is 0 Å². The third-order valence-electron chi connectivity index (χ3n) is 4.47. The number of halogens is 2. The van der Waals surface area contributed by atoms with Crippen LogP contribution in [0.1, 0.15) is 24.0 Å². The van der Waals surface area contributed by atoms with Crippen LogP contribution in [0.25, 0.3) is 11.1 Å². The van der Waals surface area contributed by atoms with Gasteiger partial charge in [-0.3, -0.25) is 4.98 Å². The number of benzene rings is 1. The van der Waals surface area contributed by atoms with Gasteiger partial charge in [0, 0.05) is 35.8 Å². The molecule has 20 heavy (non-hydrogen) atoms. The van der Waals surface area contributed by atoms with Crippen molar-refractivity contribution in [3.8, 4) is 11.1 Å². The van der Waals surface area contributed by atoms with Crippen molar-refractivity contribution in [1.29, 1.82) is 0 Å². The summed E-state index contributed by atoms with van der Waals surface area (Å²) in [7, 11) is 0. The fourth-order valence-electron chi connectivity index (χ4n) is 3.32. The predicted octanol–water partition coefficient (Wildman–Crippen LogP) is 3.16. The topological polar surface area (TPSA) is 24.9 Å². The Bertz CT molecular complexity index is 693. The van der Waals surface area contributed by atoms with Gasteiger partial charge in [-0.1, -0.05) is 6.07 Å². The van der Waals surface area contributed by atoms with Crippen LogP contribution in [0.3, 0.4) is 0 Å². The van der Waals surface area contributed by atoms with Gasteiger partial charge in [0.2, 0.25) is 0 Å². The standard InChI is InChI=1S/C16H14F2N2/c17-13-2-1-10(11-3-6-19-8-14(11)18)12-7-20-9-16(4-5-16)15(12)13/h1-3,6,8,20H,4-5,7,9H2. The largest absolute Gasteiger partial charge is 0.312 e. The third-order valence-corrected chi connectivity index (χ3v) is 4.47. The summed E-state index contributed by atoms with van der Waals surface area (Å²) < 4.78 is 28.2. The fourth-order valence-corrected chi connectivity index (χ4v) is 3.32. The van der Waals surface area contributed by atoms with Gasteiger partial charge in [-0.05, 0) is 36.1 Å². The summed E-state index contributed by atoms with van der Waals surface area (Å²) in [6.07, 6.45) is 4.78. The van der Waals surface area contributed by atoms with Crippen LogP contribution >= 0.6 is 0 Å². The van der Waals surface area contributed by atoms with E-state index in [2.05, 4.69) is 10.3 Å². The summed E-state index contributed by atoms with van der Waals surface area (Å²) in [5.74, 6) is -0.519. The molecule has 1 fully saturated rings. The lowest BCUT2D eigenvalue weighted by atomic mass is 9.83. The first-order valence-corrected chi connectivity index (χ1v) is 6.84. The van der Waals surface area contributed by atoms with Crippen molar-refractivity contribution in [2.45, 2.75) is 24.8 Å². The van der Waals surface area contributed by atoms with Crippen molar-refractivity contribution in [3.63, 3.8) is 0 Å². The molecular weight excluding hydrogens is 258 g/mol. The lowest BCUT2D eigenvalue weighted by Gasteiger charge is -2.28. The van der Waals surface area contributed by atoms with Gasteiger partial charge in [0.25, 0.3) is 0 Å². The zero-order valence-electron chi connectivity index (χ0n) is 10.9. The van der Waals surface area contributed by atoms with Crippen LogP contribution in [-0.4, -0.2) is 11.5 Å². The number of fused-ring (bicyclic) bond motifs is 2. The second-order valence-corrected chi connectivity index (χ2v) is 5.69. The van der Waals surface area contributed by atoms with E-state index >= 15 is 0 Å². The van der Waals surface area contributed by atoms with Gasteiger partial charge in [-0.25, -0.2) is 8.78 Å². The molecule has 1 spiro atoms. The summed E-state index contributed by atoms with van der Waals surface area (Å²) in [6.45, 7) is 1.41. The summed E-state index contributed by atoms with van der Waals surface area (Å²) >= 11 is 0. The number of hydrogen-bond donors (Lipinski definition) is 1. The molecule has 2 aromatic rings. The molecule has 0 radical (unpaired) electrons. The molecule has 1 aromatic carbocycles. The zero-order valence-corrected chi connectivity index (χ0v) is 10.9. The first-order chi connectivity index (χ1) is 9.71. The Morgan fingerprint density at radius 3 is 2.65 bits per heavy atom. The molecule has 2 heterocycles. The van der Waals surface area contributed by atoms with E-state index in [1.54, 1.807) is 18.3 Å². The van der Waals surface area contributed by atoms with E-state index < -0.39 is 0 Å². The maximum atomic E-state index is 14.3. The average molecular weight is 272 g/mol. The summed E-state index contributed by atoms with van der Waals surface area (Å²) in [6, 6.07) is 4.80. The minimum Gasteiger partial charge on any atom is -0.312 e. The number of nitrogens with one attached hydrogen (secondary N) is 1. The Morgan fingerprint density at radius 1 is 1.05 bits per heavy atom. The van der Waals surface area contributed by atoms with Crippen LogP contribution in [0.5, 0.6) is 0 Å². The van der Waals surface area contributed by atoms with Gasteiger partial charge in [0.15, 0.2) is 0 Å². The van der Waals surface area contributed by atoms with Crippen molar-refractivity contribution >= 4 is 0 Å². The molecule has 0 amide bonds. The van der Waals surface area contributed by atoms with Crippen LogP contribution in [0.15, 0.2) is 30.6 Å². The molecular formula is C16H14F2N2. The minimum absolute atomic E-state index is 0.0583. The molecule has 0 atom stereocenters. The fraction of sp³-hybridized carbons (Fsp3) is 0.312. The van der Waals surface area contributed by atoms with Crippen LogP contribution in [-0.2, 0) is 12.0 Å². The smallest absolute Gasteiger partial charge is 0.149 e. The van der Waals surface area contributed by atoms with E-state index in [4.69, 9.17) is 0 Å². The molecule has 4 heteroatoms. The molecule has 0 bridgehead atoms.